The van der Waals surface area contributed by atoms with Crippen LogP contribution in [0.3, 0.4) is 0 Å². The highest BCUT2D eigenvalue weighted by Crippen LogP contribution is 2.24. The molecule has 2 aromatic rings. The Labute approximate surface area is 128 Å². The van der Waals surface area contributed by atoms with E-state index in [-0.39, 0.29) is 5.91 Å². The summed E-state index contributed by atoms with van der Waals surface area (Å²) in [5.41, 5.74) is 3.75. The molecule has 0 atom stereocenters. The number of carbonyl (C=O) groups excluding carboxylic acids is 1. The van der Waals surface area contributed by atoms with E-state index < -0.39 is 0 Å². The van der Waals surface area contributed by atoms with Gasteiger partial charge in [0.05, 0.1) is 0 Å². The van der Waals surface area contributed by atoms with Crippen LogP contribution in [0.25, 0.3) is 0 Å². The number of halogens is 1. The van der Waals surface area contributed by atoms with Crippen LogP contribution in [0.1, 0.15) is 41.3 Å². The Morgan fingerprint density at radius 2 is 1.85 bits per heavy atom. The SMILES string of the molecule is Cc1cc(Br)cc(C(=O)Nc2ccccc2C(C)C)c1. The standard InChI is InChI=1S/C17H18BrNO/c1-11(2)15-6-4-5-7-16(15)19-17(20)13-8-12(3)9-14(18)10-13/h4-11H,1-3H3,(H,19,20). The van der Waals surface area contributed by atoms with Crippen molar-refractivity contribution in [3.63, 3.8) is 0 Å². The first kappa shape index (κ1) is 14.8. The van der Waals surface area contributed by atoms with Gasteiger partial charge in [0.15, 0.2) is 0 Å². The molecule has 0 saturated carbocycles. The maximum Gasteiger partial charge on any atom is 0.255 e. The van der Waals surface area contributed by atoms with Crippen LogP contribution in [0.4, 0.5) is 5.69 Å². The zero-order valence-electron chi connectivity index (χ0n) is 11.9. The third-order valence-corrected chi connectivity index (χ3v) is 3.59. The van der Waals surface area contributed by atoms with Crippen molar-refractivity contribution in [2.45, 2.75) is 26.7 Å². The zero-order valence-corrected chi connectivity index (χ0v) is 13.5. The number of para-hydroxylation sites is 1. The fourth-order valence-corrected chi connectivity index (χ4v) is 2.78. The van der Waals surface area contributed by atoms with Gasteiger partial charge in [-0.3, -0.25) is 4.79 Å². The Bertz CT molecular complexity index is 614. The van der Waals surface area contributed by atoms with E-state index in [1.54, 1.807) is 0 Å². The quantitative estimate of drug-likeness (QED) is 0.829. The van der Waals surface area contributed by atoms with Crippen LogP contribution >= 0.6 is 15.9 Å². The molecule has 0 fully saturated rings. The van der Waals surface area contributed by atoms with E-state index in [4.69, 9.17) is 0 Å². The summed E-state index contributed by atoms with van der Waals surface area (Å²) in [5, 5.41) is 3.00. The number of aryl methyl sites for hydroxylation is 1. The number of rotatable bonds is 3. The summed E-state index contributed by atoms with van der Waals surface area (Å²) in [5.74, 6) is 0.290. The van der Waals surface area contributed by atoms with Crippen molar-refractivity contribution in [2.24, 2.45) is 0 Å². The van der Waals surface area contributed by atoms with E-state index in [1.807, 2.05) is 49.4 Å². The molecule has 1 amide bonds. The van der Waals surface area contributed by atoms with Crippen molar-refractivity contribution in [3.05, 3.63) is 63.6 Å². The minimum atomic E-state index is -0.0810. The predicted octanol–water partition coefficient (Wildman–Crippen LogP) is 5.13. The summed E-state index contributed by atoms with van der Waals surface area (Å²) in [4.78, 5) is 12.4. The van der Waals surface area contributed by atoms with E-state index >= 15 is 0 Å². The maximum absolute atomic E-state index is 12.4. The molecule has 1 N–H and O–H groups in total. The average Bonchev–Trinajstić information content (AvgIpc) is 2.37. The van der Waals surface area contributed by atoms with E-state index in [1.165, 1.54) is 0 Å². The summed E-state index contributed by atoms with van der Waals surface area (Å²) in [6.45, 7) is 6.21. The molecule has 0 heterocycles. The largest absolute Gasteiger partial charge is 0.322 e. The fourth-order valence-electron chi connectivity index (χ4n) is 2.18. The second-order valence-corrected chi connectivity index (χ2v) is 6.13. The third-order valence-electron chi connectivity index (χ3n) is 3.14. The fraction of sp³-hybridized carbons (Fsp3) is 0.235. The van der Waals surface area contributed by atoms with E-state index in [9.17, 15) is 4.79 Å². The van der Waals surface area contributed by atoms with Gasteiger partial charge in [-0.05, 0) is 48.2 Å². The lowest BCUT2D eigenvalue weighted by atomic mass is 10.0. The minimum Gasteiger partial charge on any atom is -0.322 e. The molecule has 20 heavy (non-hydrogen) atoms. The zero-order chi connectivity index (χ0) is 14.7. The highest BCUT2D eigenvalue weighted by atomic mass is 79.9. The molecule has 2 rings (SSSR count). The molecule has 0 aromatic heterocycles. The minimum absolute atomic E-state index is 0.0810. The molecule has 104 valence electrons. The normalized spacial score (nSPS) is 10.7. The second-order valence-electron chi connectivity index (χ2n) is 5.21. The molecule has 3 heteroatoms. The predicted molar refractivity (Wildman–Crippen MR) is 87.4 cm³/mol. The van der Waals surface area contributed by atoms with Crippen molar-refractivity contribution >= 4 is 27.5 Å². The Morgan fingerprint density at radius 3 is 2.50 bits per heavy atom. The number of benzene rings is 2. The lowest BCUT2D eigenvalue weighted by Crippen LogP contribution is -2.13. The molecule has 0 radical (unpaired) electrons. The molecule has 0 aliphatic heterocycles. The Hall–Kier alpha value is -1.61. The maximum atomic E-state index is 12.4. The van der Waals surface area contributed by atoms with Crippen LogP contribution in [-0.2, 0) is 0 Å². The van der Waals surface area contributed by atoms with Gasteiger partial charge in [0.1, 0.15) is 0 Å². The van der Waals surface area contributed by atoms with Crippen LogP contribution in [-0.4, -0.2) is 5.91 Å². The van der Waals surface area contributed by atoms with Crippen molar-refractivity contribution < 1.29 is 4.79 Å². The van der Waals surface area contributed by atoms with Crippen LogP contribution in [0, 0.1) is 6.92 Å². The van der Waals surface area contributed by atoms with E-state index in [0.717, 1.165) is 21.3 Å². The topological polar surface area (TPSA) is 29.1 Å². The number of anilines is 1. The van der Waals surface area contributed by atoms with Gasteiger partial charge >= 0.3 is 0 Å². The molecular weight excluding hydrogens is 314 g/mol. The lowest BCUT2D eigenvalue weighted by Gasteiger charge is -2.14. The van der Waals surface area contributed by atoms with Crippen molar-refractivity contribution in [3.8, 4) is 0 Å². The lowest BCUT2D eigenvalue weighted by molar-refractivity contribution is 0.102. The van der Waals surface area contributed by atoms with Crippen molar-refractivity contribution in [1.82, 2.24) is 0 Å². The highest BCUT2D eigenvalue weighted by Gasteiger charge is 2.11. The Kier molecular flexibility index (Phi) is 4.61. The molecule has 0 saturated heterocycles. The molecule has 2 nitrogen and oxygen atoms in total. The summed E-state index contributed by atoms with van der Waals surface area (Å²) >= 11 is 3.42. The molecule has 2 aromatic carbocycles. The average molecular weight is 332 g/mol. The Balaban J connectivity index is 2.28. The van der Waals surface area contributed by atoms with Gasteiger partial charge in [0.25, 0.3) is 5.91 Å². The number of nitrogens with one attached hydrogen (secondary N) is 1. The van der Waals surface area contributed by atoms with E-state index in [0.29, 0.717) is 11.5 Å². The van der Waals surface area contributed by atoms with Crippen molar-refractivity contribution in [2.75, 3.05) is 5.32 Å². The van der Waals surface area contributed by atoms with Gasteiger partial charge in [-0.15, -0.1) is 0 Å². The summed E-state index contributed by atoms with van der Waals surface area (Å²) in [6.07, 6.45) is 0. The molecule has 0 aliphatic rings. The molecular formula is C17H18BrNO. The van der Waals surface area contributed by atoms with Gasteiger partial charge in [-0.25, -0.2) is 0 Å². The van der Waals surface area contributed by atoms with Crippen LogP contribution < -0.4 is 5.32 Å². The summed E-state index contributed by atoms with van der Waals surface area (Å²) in [7, 11) is 0. The number of amides is 1. The monoisotopic (exact) mass is 331 g/mol. The molecule has 0 spiro atoms. The first-order chi connectivity index (χ1) is 9.47. The first-order valence-electron chi connectivity index (χ1n) is 6.65. The van der Waals surface area contributed by atoms with Crippen LogP contribution in [0.15, 0.2) is 46.9 Å². The molecule has 0 unspecified atom stereocenters. The number of hydrogen-bond acceptors (Lipinski definition) is 1. The van der Waals surface area contributed by atoms with Crippen molar-refractivity contribution in [1.29, 1.82) is 0 Å². The number of hydrogen-bond donors (Lipinski definition) is 1. The second kappa shape index (κ2) is 6.23. The smallest absolute Gasteiger partial charge is 0.255 e. The van der Waals surface area contributed by atoms with E-state index in [2.05, 4.69) is 35.1 Å². The molecule has 0 bridgehead atoms. The summed E-state index contributed by atoms with van der Waals surface area (Å²) < 4.78 is 0.916. The third kappa shape index (κ3) is 3.48. The summed E-state index contributed by atoms with van der Waals surface area (Å²) in [6, 6.07) is 13.6. The van der Waals surface area contributed by atoms with Crippen LogP contribution in [0.2, 0.25) is 0 Å². The van der Waals surface area contributed by atoms with Gasteiger partial charge in [0, 0.05) is 15.7 Å². The van der Waals surface area contributed by atoms with Gasteiger partial charge in [-0.2, -0.15) is 0 Å². The van der Waals surface area contributed by atoms with Crippen LogP contribution in [0.5, 0.6) is 0 Å². The molecule has 0 aliphatic carbocycles. The van der Waals surface area contributed by atoms with Gasteiger partial charge < -0.3 is 5.32 Å². The number of carbonyl (C=O) groups is 1. The first-order valence-corrected chi connectivity index (χ1v) is 7.44. The highest BCUT2D eigenvalue weighted by molar-refractivity contribution is 9.10. The Morgan fingerprint density at radius 1 is 1.15 bits per heavy atom. The van der Waals surface area contributed by atoms with Gasteiger partial charge in [0.2, 0.25) is 0 Å². The van der Waals surface area contributed by atoms with Gasteiger partial charge in [-0.1, -0.05) is 48.0 Å².